The Balaban J connectivity index is 1.74. The van der Waals surface area contributed by atoms with Crippen molar-refractivity contribution in [1.82, 2.24) is 4.90 Å². The molecule has 2 aromatic rings. The average molecular weight is 340 g/mol. The van der Waals surface area contributed by atoms with Gasteiger partial charge in [-0.1, -0.05) is 6.07 Å². The molecular formula is C20H24N2O3. The number of benzene rings is 2. The van der Waals surface area contributed by atoms with Crippen LogP contribution in [0.2, 0.25) is 0 Å². The van der Waals surface area contributed by atoms with Gasteiger partial charge in [-0.05, 0) is 48.9 Å². The molecule has 0 aliphatic carbocycles. The first-order chi connectivity index (χ1) is 12.1. The number of hydrogen-bond acceptors (Lipinski definition) is 4. The highest BCUT2D eigenvalue weighted by Crippen LogP contribution is 2.31. The molecule has 0 radical (unpaired) electrons. The summed E-state index contributed by atoms with van der Waals surface area (Å²) in [5, 5.41) is 0. The highest BCUT2D eigenvalue weighted by atomic mass is 16.6. The summed E-state index contributed by atoms with van der Waals surface area (Å²) >= 11 is 0. The molecule has 132 valence electrons. The van der Waals surface area contributed by atoms with Gasteiger partial charge in [0, 0.05) is 38.4 Å². The van der Waals surface area contributed by atoms with E-state index >= 15 is 0 Å². The lowest BCUT2D eigenvalue weighted by molar-refractivity contribution is 0.0752. The van der Waals surface area contributed by atoms with E-state index in [4.69, 9.17) is 9.47 Å². The van der Waals surface area contributed by atoms with Crippen molar-refractivity contribution in [2.24, 2.45) is 0 Å². The number of carbonyl (C=O) groups is 1. The molecule has 5 heteroatoms. The van der Waals surface area contributed by atoms with Gasteiger partial charge >= 0.3 is 0 Å². The Morgan fingerprint density at radius 3 is 2.32 bits per heavy atom. The molecule has 1 aliphatic heterocycles. The zero-order chi connectivity index (χ0) is 17.8. The van der Waals surface area contributed by atoms with Crippen molar-refractivity contribution in [3.8, 4) is 11.5 Å². The lowest BCUT2D eigenvalue weighted by Crippen LogP contribution is -2.30. The molecule has 0 spiro atoms. The van der Waals surface area contributed by atoms with Crippen LogP contribution in [0.25, 0.3) is 0 Å². The summed E-state index contributed by atoms with van der Waals surface area (Å²) in [6, 6.07) is 13.5. The van der Waals surface area contributed by atoms with Gasteiger partial charge in [0.2, 0.25) is 0 Å². The Kier molecular flexibility index (Phi) is 5.12. The number of amides is 1. The Morgan fingerprint density at radius 2 is 1.68 bits per heavy atom. The number of rotatable bonds is 5. The largest absolute Gasteiger partial charge is 0.486 e. The fraction of sp³-hybridized carbons (Fsp3) is 0.350. The summed E-state index contributed by atoms with van der Waals surface area (Å²) < 4.78 is 11.2. The zero-order valence-electron chi connectivity index (χ0n) is 15.0. The second-order valence-corrected chi connectivity index (χ2v) is 6.24. The zero-order valence-corrected chi connectivity index (χ0v) is 15.0. The molecule has 0 bridgehead atoms. The van der Waals surface area contributed by atoms with Crippen LogP contribution in [0.4, 0.5) is 5.69 Å². The van der Waals surface area contributed by atoms with Crippen molar-refractivity contribution < 1.29 is 14.3 Å². The molecule has 25 heavy (non-hydrogen) atoms. The molecule has 0 saturated heterocycles. The third-order valence-corrected chi connectivity index (χ3v) is 4.28. The van der Waals surface area contributed by atoms with E-state index in [1.165, 1.54) is 0 Å². The topological polar surface area (TPSA) is 42.0 Å². The van der Waals surface area contributed by atoms with Gasteiger partial charge in [-0.3, -0.25) is 4.79 Å². The van der Waals surface area contributed by atoms with Gasteiger partial charge in [0.1, 0.15) is 13.2 Å². The van der Waals surface area contributed by atoms with Crippen LogP contribution in [0.3, 0.4) is 0 Å². The summed E-state index contributed by atoms with van der Waals surface area (Å²) in [6.45, 7) is 4.31. The minimum absolute atomic E-state index is 0.0303. The normalized spacial score (nSPS) is 12.6. The molecule has 1 aliphatic rings. The van der Waals surface area contributed by atoms with Crippen LogP contribution in [0.1, 0.15) is 22.8 Å². The molecule has 0 unspecified atom stereocenters. The average Bonchev–Trinajstić information content (AvgIpc) is 2.65. The minimum atomic E-state index is 0.0303. The maximum atomic E-state index is 12.8. The van der Waals surface area contributed by atoms with E-state index in [0.717, 1.165) is 22.7 Å². The molecule has 0 saturated carbocycles. The number of nitrogens with zero attached hydrogens (tertiary/aromatic N) is 2. The lowest BCUT2D eigenvalue weighted by atomic mass is 10.1. The van der Waals surface area contributed by atoms with E-state index in [0.29, 0.717) is 31.9 Å². The van der Waals surface area contributed by atoms with Gasteiger partial charge in [0.15, 0.2) is 11.5 Å². The van der Waals surface area contributed by atoms with Gasteiger partial charge < -0.3 is 19.3 Å². The van der Waals surface area contributed by atoms with Crippen molar-refractivity contribution in [3.05, 3.63) is 53.6 Å². The molecule has 0 N–H and O–H groups in total. The second kappa shape index (κ2) is 7.47. The van der Waals surface area contributed by atoms with Crippen LogP contribution in [0.15, 0.2) is 42.5 Å². The van der Waals surface area contributed by atoms with Crippen LogP contribution >= 0.6 is 0 Å². The van der Waals surface area contributed by atoms with E-state index < -0.39 is 0 Å². The summed E-state index contributed by atoms with van der Waals surface area (Å²) in [5.41, 5.74) is 2.81. The number of carbonyl (C=O) groups excluding carboxylic acids is 1. The van der Waals surface area contributed by atoms with E-state index in [2.05, 4.69) is 0 Å². The van der Waals surface area contributed by atoms with E-state index in [1.807, 2.05) is 73.3 Å². The molecule has 5 nitrogen and oxygen atoms in total. The summed E-state index contributed by atoms with van der Waals surface area (Å²) in [5.74, 6) is 1.55. The molecular weight excluding hydrogens is 316 g/mol. The predicted molar refractivity (Wildman–Crippen MR) is 98.6 cm³/mol. The van der Waals surface area contributed by atoms with E-state index in [1.54, 1.807) is 0 Å². The third-order valence-electron chi connectivity index (χ3n) is 4.28. The second-order valence-electron chi connectivity index (χ2n) is 6.24. The lowest BCUT2D eigenvalue weighted by Gasteiger charge is -2.23. The standard InChI is InChI=1S/C20H24N2O3/c1-4-22(20(23)16-6-8-17(9-7-16)21(2)3)14-15-5-10-18-19(13-15)25-12-11-24-18/h5-10,13H,4,11-12,14H2,1-3H3. The molecule has 2 aromatic carbocycles. The summed E-state index contributed by atoms with van der Waals surface area (Å²) in [4.78, 5) is 16.7. The Hall–Kier alpha value is -2.69. The molecule has 1 heterocycles. The van der Waals surface area contributed by atoms with Gasteiger partial charge in [-0.2, -0.15) is 0 Å². The molecule has 1 amide bonds. The SMILES string of the molecule is CCN(Cc1ccc2c(c1)OCCO2)C(=O)c1ccc(N(C)C)cc1. The van der Waals surface area contributed by atoms with Crippen molar-refractivity contribution in [2.45, 2.75) is 13.5 Å². The maximum Gasteiger partial charge on any atom is 0.254 e. The summed E-state index contributed by atoms with van der Waals surface area (Å²) in [6.07, 6.45) is 0. The number of fused-ring (bicyclic) bond motifs is 1. The van der Waals surface area contributed by atoms with Crippen molar-refractivity contribution in [2.75, 3.05) is 38.8 Å². The number of ether oxygens (including phenoxy) is 2. The molecule has 0 atom stereocenters. The number of hydrogen-bond donors (Lipinski definition) is 0. The number of anilines is 1. The van der Waals surface area contributed by atoms with Crippen LogP contribution in [0.5, 0.6) is 11.5 Å². The van der Waals surface area contributed by atoms with E-state index in [-0.39, 0.29) is 5.91 Å². The Morgan fingerprint density at radius 1 is 1.00 bits per heavy atom. The van der Waals surface area contributed by atoms with Gasteiger partial charge in [-0.15, -0.1) is 0 Å². The minimum Gasteiger partial charge on any atom is -0.486 e. The fourth-order valence-corrected chi connectivity index (χ4v) is 2.82. The monoisotopic (exact) mass is 340 g/mol. The van der Waals surface area contributed by atoms with Gasteiger partial charge in [0.05, 0.1) is 0 Å². The Bertz CT molecular complexity index is 741. The molecule has 0 aromatic heterocycles. The van der Waals surface area contributed by atoms with Crippen molar-refractivity contribution >= 4 is 11.6 Å². The predicted octanol–water partition coefficient (Wildman–Crippen LogP) is 3.19. The van der Waals surface area contributed by atoms with Gasteiger partial charge in [-0.25, -0.2) is 0 Å². The van der Waals surface area contributed by atoms with Gasteiger partial charge in [0.25, 0.3) is 5.91 Å². The highest BCUT2D eigenvalue weighted by molar-refractivity contribution is 5.94. The van der Waals surface area contributed by atoms with E-state index in [9.17, 15) is 4.79 Å². The van der Waals surface area contributed by atoms with Crippen molar-refractivity contribution in [3.63, 3.8) is 0 Å². The first-order valence-corrected chi connectivity index (χ1v) is 8.53. The third kappa shape index (κ3) is 3.87. The Labute approximate surface area is 148 Å². The first kappa shape index (κ1) is 17.1. The summed E-state index contributed by atoms with van der Waals surface area (Å²) in [7, 11) is 3.97. The highest BCUT2D eigenvalue weighted by Gasteiger charge is 2.17. The van der Waals surface area contributed by atoms with Crippen molar-refractivity contribution in [1.29, 1.82) is 0 Å². The fourth-order valence-electron chi connectivity index (χ4n) is 2.82. The quantitative estimate of drug-likeness (QED) is 0.838. The van der Waals surface area contributed by atoms with Crippen LogP contribution < -0.4 is 14.4 Å². The molecule has 0 fully saturated rings. The van der Waals surface area contributed by atoms with Crippen LogP contribution in [0, 0.1) is 0 Å². The smallest absolute Gasteiger partial charge is 0.254 e. The van der Waals surface area contributed by atoms with Crippen LogP contribution in [-0.2, 0) is 6.54 Å². The first-order valence-electron chi connectivity index (χ1n) is 8.53. The van der Waals surface area contributed by atoms with Crippen LogP contribution in [-0.4, -0.2) is 44.7 Å². The maximum absolute atomic E-state index is 12.8. The molecule has 3 rings (SSSR count).